The Bertz CT molecular complexity index is 986. The van der Waals surface area contributed by atoms with Crippen molar-refractivity contribution in [1.82, 2.24) is 24.5 Å². The van der Waals surface area contributed by atoms with Crippen molar-refractivity contribution >= 4 is 23.3 Å². The van der Waals surface area contributed by atoms with Crippen LogP contribution in [0, 0.1) is 13.8 Å². The average Bonchev–Trinajstić information content (AvgIpc) is 3.22. The van der Waals surface area contributed by atoms with Crippen LogP contribution in [-0.4, -0.2) is 49.4 Å². The summed E-state index contributed by atoms with van der Waals surface area (Å²) in [6, 6.07) is 7.41. The van der Waals surface area contributed by atoms with Crippen LogP contribution in [0.25, 0.3) is 17.0 Å². The lowest BCUT2D eigenvalue weighted by Gasteiger charge is -2.15. The summed E-state index contributed by atoms with van der Waals surface area (Å²) in [7, 11) is 0. The van der Waals surface area contributed by atoms with Crippen molar-refractivity contribution in [3.63, 3.8) is 0 Å². The zero-order valence-corrected chi connectivity index (χ0v) is 15.3. The number of aromatic nitrogens is 4. The van der Waals surface area contributed by atoms with E-state index >= 15 is 0 Å². The van der Waals surface area contributed by atoms with Crippen LogP contribution < -0.4 is 5.32 Å². The number of nitrogens with zero attached hydrogens (tertiary/aromatic N) is 5. The van der Waals surface area contributed by atoms with Gasteiger partial charge in [0.15, 0.2) is 0 Å². The Morgan fingerprint density at radius 1 is 1.15 bits per heavy atom. The van der Waals surface area contributed by atoms with E-state index in [1.54, 1.807) is 9.42 Å². The number of anilines is 1. The molecule has 1 aliphatic rings. The van der Waals surface area contributed by atoms with Crippen molar-refractivity contribution in [2.45, 2.75) is 26.7 Å². The zero-order chi connectivity index (χ0) is 19.0. The normalized spacial score (nSPS) is 14.1. The van der Waals surface area contributed by atoms with Crippen molar-refractivity contribution in [2.75, 3.05) is 18.4 Å². The Morgan fingerprint density at radius 3 is 2.63 bits per heavy atom. The van der Waals surface area contributed by atoms with Crippen molar-refractivity contribution < 1.29 is 9.59 Å². The van der Waals surface area contributed by atoms with Crippen molar-refractivity contribution in [1.29, 1.82) is 0 Å². The minimum atomic E-state index is -0.190. The van der Waals surface area contributed by atoms with Gasteiger partial charge in [0, 0.05) is 24.2 Å². The smallest absolute Gasteiger partial charge is 0.251 e. The van der Waals surface area contributed by atoms with Crippen LogP contribution in [0.5, 0.6) is 0 Å². The summed E-state index contributed by atoms with van der Waals surface area (Å²) in [5.41, 5.74) is 4.07. The Labute approximate surface area is 156 Å². The average molecular weight is 364 g/mol. The molecule has 138 valence electrons. The van der Waals surface area contributed by atoms with Gasteiger partial charge < -0.3 is 10.2 Å². The summed E-state index contributed by atoms with van der Waals surface area (Å²) < 4.78 is 1.67. The Balaban J connectivity index is 1.47. The first-order valence-electron chi connectivity index (χ1n) is 8.88. The molecule has 0 spiro atoms. The SMILES string of the molecule is Cc1nc2nc(-c3ccc(NC(=O)CN4CCCC4=O)cc3)cn2nc1C. The molecule has 1 fully saturated rings. The van der Waals surface area contributed by atoms with E-state index in [9.17, 15) is 9.59 Å². The van der Waals surface area contributed by atoms with Crippen LogP contribution in [0.4, 0.5) is 5.69 Å². The quantitative estimate of drug-likeness (QED) is 0.764. The van der Waals surface area contributed by atoms with E-state index in [1.807, 2.05) is 44.3 Å². The second kappa shape index (κ2) is 6.79. The molecule has 0 unspecified atom stereocenters. The molecule has 0 saturated carbocycles. The van der Waals surface area contributed by atoms with E-state index in [2.05, 4.69) is 20.4 Å². The summed E-state index contributed by atoms with van der Waals surface area (Å²) in [4.78, 5) is 34.3. The van der Waals surface area contributed by atoms with Crippen LogP contribution in [0.2, 0.25) is 0 Å². The molecule has 3 heterocycles. The highest BCUT2D eigenvalue weighted by molar-refractivity contribution is 5.95. The van der Waals surface area contributed by atoms with Gasteiger partial charge in [-0.15, -0.1) is 0 Å². The van der Waals surface area contributed by atoms with Gasteiger partial charge in [0.05, 0.1) is 29.8 Å². The van der Waals surface area contributed by atoms with Crippen LogP contribution in [0.1, 0.15) is 24.2 Å². The molecule has 0 bridgehead atoms. The van der Waals surface area contributed by atoms with Gasteiger partial charge in [-0.25, -0.2) is 14.5 Å². The van der Waals surface area contributed by atoms with Gasteiger partial charge in [0.25, 0.3) is 5.78 Å². The first kappa shape index (κ1) is 17.1. The molecule has 4 rings (SSSR count). The lowest BCUT2D eigenvalue weighted by atomic mass is 10.1. The van der Waals surface area contributed by atoms with Crippen molar-refractivity contribution in [3.05, 3.63) is 41.9 Å². The minimum Gasteiger partial charge on any atom is -0.333 e. The van der Waals surface area contributed by atoms with Gasteiger partial charge in [-0.1, -0.05) is 12.1 Å². The molecule has 1 aromatic carbocycles. The number of carbonyl (C=O) groups is 2. The molecule has 0 atom stereocenters. The molecule has 3 aromatic rings. The summed E-state index contributed by atoms with van der Waals surface area (Å²) in [6.07, 6.45) is 3.19. The molecular formula is C19H20N6O2. The fourth-order valence-corrected chi connectivity index (χ4v) is 3.08. The molecule has 0 radical (unpaired) electrons. The first-order valence-corrected chi connectivity index (χ1v) is 8.88. The highest BCUT2D eigenvalue weighted by Crippen LogP contribution is 2.21. The molecule has 1 saturated heterocycles. The van der Waals surface area contributed by atoms with Gasteiger partial charge in [-0.2, -0.15) is 5.10 Å². The highest BCUT2D eigenvalue weighted by atomic mass is 16.2. The molecular weight excluding hydrogens is 344 g/mol. The van der Waals surface area contributed by atoms with Gasteiger partial charge in [-0.3, -0.25) is 9.59 Å². The monoisotopic (exact) mass is 364 g/mol. The fraction of sp³-hybridized carbons (Fsp3) is 0.316. The third kappa shape index (κ3) is 3.51. The number of likely N-dealkylation sites (tertiary alicyclic amines) is 1. The van der Waals surface area contributed by atoms with E-state index in [4.69, 9.17) is 0 Å². The second-order valence-corrected chi connectivity index (χ2v) is 6.70. The maximum Gasteiger partial charge on any atom is 0.251 e. The van der Waals surface area contributed by atoms with Gasteiger partial charge in [0.2, 0.25) is 11.8 Å². The predicted octanol–water partition coefficient (Wildman–Crippen LogP) is 1.97. The molecule has 2 amide bonds. The molecule has 8 nitrogen and oxygen atoms in total. The van der Waals surface area contributed by atoms with E-state index in [0.29, 0.717) is 24.4 Å². The molecule has 1 aliphatic heterocycles. The van der Waals surface area contributed by atoms with Gasteiger partial charge in [-0.05, 0) is 32.4 Å². The van der Waals surface area contributed by atoms with E-state index in [-0.39, 0.29) is 18.4 Å². The molecule has 27 heavy (non-hydrogen) atoms. The van der Waals surface area contributed by atoms with Crippen LogP contribution in [0.3, 0.4) is 0 Å². The summed E-state index contributed by atoms with van der Waals surface area (Å²) in [5, 5.41) is 7.26. The number of nitrogens with one attached hydrogen (secondary N) is 1. The van der Waals surface area contributed by atoms with Crippen LogP contribution >= 0.6 is 0 Å². The van der Waals surface area contributed by atoms with Crippen LogP contribution in [0.15, 0.2) is 30.5 Å². The number of carbonyl (C=O) groups excluding carboxylic acids is 2. The summed E-state index contributed by atoms with van der Waals surface area (Å²) in [5.74, 6) is 0.408. The Hall–Kier alpha value is -3.29. The fourth-order valence-electron chi connectivity index (χ4n) is 3.08. The minimum absolute atomic E-state index is 0.0417. The maximum atomic E-state index is 12.1. The molecule has 1 N–H and O–H groups in total. The van der Waals surface area contributed by atoms with Crippen molar-refractivity contribution in [3.8, 4) is 11.3 Å². The number of hydrogen-bond donors (Lipinski definition) is 1. The molecule has 2 aromatic heterocycles. The number of imidazole rings is 1. The standard InChI is InChI=1S/C19H20N6O2/c1-12-13(2)23-25-10-16(22-19(25)20-12)14-5-7-15(8-6-14)21-17(26)11-24-9-3-4-18(24)27/h5-8,10H,3-4,9,11H2,1-2H3,(H,21,26). The number of rotatable bonds is 4. The first-order chi connectivity index (χ1) is 13.0. The number of amides is 2. The zero-order valence-electron chi connectivity index (χ0n) is 15.3. The third-order valence-corrected chi connectivity index (χ3v) is 4.69. The Morgan fingerprint density at radius 2 is 1.93 bits per heavy atom. The second-order valence-electron chi connectivity index (χ2n) is 6.70. The van der Waals surface area contributed by atoms with E-state index < -0.39 is 0 Å². The van der Waals surface area contributed by atoms with Crippen LogP contribution in [-0.2, 0) is 9.59 Å². The van der Waals surface area contributed by atoms with Gasteiger partial charge in [0.1, 0.15) is 0 Å². The number of hydrogen-bond acceptors (Lipinski definition) is 5. The third-order valence-electron chi connectivity index (χ3n) is 4.69. The lowest BCUT2D eigenvalue weighted by molar-refractivity contribution is -0.131. The number of benzene rings is 1. The van der Waals surface area contributed by atoms with Crippen molar-refractivity contribution in [2.24, 2.45) is 0 Å². The van der Waals surface area contributed by atoms with Gasteiger partial charge >= 0.3 is 0 Å². The Kier molecular flexibility index (Phi) is 4.31. The summed E-state index contributed by atoms with van der Waals surface area (Å²) in [6.45, 7) is 4.57. The predicted molar refractivity (Wildman–Crippen MR) is 100 cm³/mol. The number of aryl methyl sites for hydroxylation is 2. The lowest BCUT2D eigenvalue weighted by Crippen LogP contribution is -2.33. The highest BCUT2D eigenvalue weighted by Gasteiger charge is 2.22. The number of fused-ring (bicyclic) bond motifs is 1. The topological polar surface area (TPSA) is 92.5 Å². The van der Waals surface area contributed by atoms with E-state index in [1.165, 1.54) is 0 Å². The molecule has 0 aliphatic carbocycles. The maximum absolute atomic E-state index is 12.1. The summed E-state index contributed by atoms with van der Waals surface area (Å²) >= 11 is 0. The van der Waals surface area contributed by atoms with E-state index in [0.717, 1.165) is 29.1 Å². The molecule has 8 heteroatoms. The largest absolute Gasteiger partial charge is 0.333 e.